The zero-order chi connectivity index (χ0) is 16.1. The number of rotatable bonds is 6. The molecule has 5 heteroatoms. The molecule has 2 rings (SSSR count). The van der Waals surface area contributed by atoms with Gasteiger partial charge in [-0.2, -0.15) is 5.26 Å². The first-order chi connectivity index (χ1) is 10.6. The van der Waals surface area contributed by atoms with Crippen molar-refractivity contribution in [3.05, 3.63) is 29.8 Å². The van der Waals surface area contributed by atoms with Crippen molar-refractivity contribution in [1.82, 2.24) is 4.90 Å². The molecule has 1 aromatic carbocycles. The molecule has 0 saturated heterocycles. The summed E-state index contributed by atoms with van der Waals surface area (Å²) >= 11 is 0. The number of carbonyl (C=O) groups excluding carboxylic acids is 2. The molecule has 2 unspecified atom stereocenters. The van der Waals surface area contributed by atoms with E-state index in [4.69, 9.17) is 5.26 Å². The van der Waals surface area contributed by atoms with Crippen molar-refractivity contribution in [3.8, 4) is 6.07 Å². The molecule has 1 aliphatic carbocycles. The van der Waals surface area contributed by atoms with E-state index in [2.05, 4.69) is 12.2 Å². The minimum Gasteiger partial charge on any atom is -0.346 e. The molecule has 1 N–H and O–H groups in total. The summed E-state index contributed by atoms with van der Waals surface area (Å²) in [7, 11) is 1.79. The smallest absolute Gasteiger partial charge is 0.228 e. The van der Waals surface area contributed by atoms with Gasteiger partial charge in [-0.05, 0) is 31.0 Å². The fraction of sp³-hybridized carbons (Fsp3) is 0.471. The van der Waals surface area contributed by atoms with E-state index >= 15 is 0 Å². The van der Waals surface area contributed by atoms with Crippen LogP contribution in [0.3, 0.4) is 0 Å². The van der Waals surface area contributed by atoms with Gasteiger partial charge in [0.1, 0.15) is 0 Å². The van der Waals surface area contributed by atoms with E-state index in [9.17, 15) is 9.59 Å². The second kappa shape index (κ2) is 7.08. The third-order valence-electron chi connectivity index (χ3n) is 3.93. The third-order valence-corrected chi connectivity index (χ3v) is 3.93. The predicted octanol–water partition coefficient (Wildman–Crippen LogP) is 2.39. The van der Waals surface area contributed by atoms with Gasteiger partial charge in [0, 0.05) is 19.3 Å². The van der Waals surface area contributed by atoms with Crippen LogP contribution in [0.2, 0.25) is 0 Å². The van der Waals surface area contributed by atoms with Gasteiger partial charge in [0.05, 0.1) is 23.5 Å². The highest BCUT2D eigenvalue weighted by atomic mass is 16.2. The van der Waals surface area contributed by atoms with Crippen molar-refractivity contribution in [1.29, 1.82) is 5.26 Å². The zero-order valence-corrected chi connectivity index (χ0v) is 13.0. The Morgan fingerprint density at radius 1 is 1.41 bits per heavy atom. The zero-order valence-electron chi connectivity index (χ0n) is 13.0. The molecule has 1 saturated carbocycles. The molecule has 1 aromatic rings. The number of unbranched alkanes of at least 4 members (excludes halogenated alkanes) is 1. The molecule has 0 aromatic heterocycles. The number of carbonyl (C=O) groups is 2. The molecule has 0 bridgehead atoms. The summed E-state index contributed by atoms with van der Waals surface area (Å²) in [4.78, 5) is 26.1. The number of nitrogens with zero attached hydrogens (tertiary/aromatic N) is 2. The van der Waals surface area contributed by atoms with Gasteiger partial charge >= 0.3 is 0 Å². The number of hydrogen-bond donors (Lipinski definition) is 1. The largest absolute Gasteiger partial charge is 0.346 e. The summed E-state index contributed by atoms with van der Waals surface area (Å²) in [6.07, 6.45) is 2.63. The monoisotopic (exact) mass is 299 g/mol. The fourth-order valence-corrected chi connectivity index (χ4v) is 2.45. The number of hydrogen-bond acceptors (Lipinski definition) is 3. The van der Waals surface area contributed by atoms with Crippen LogP contribution < -0.4 is 5.32 Å². The van der Waals surface area contributed by atoms with E-state index in [1.807, 2.05) is 6.07 Å². The first-order valence-corrected chi connectivity index (χ1v) is 7.62. The Morgan fingerprint density at radius 2 is 2.18 bits per heavy atom. The Hall–Kier alpha value is -2.35. The molecule has 0 aliphatic heterocycles. The summed E-state index contributed by atoms with van der Waals surface area (Å²) in [5.74, 6) is -0.528. The van der Waals surface area contributed by atoms with Gasteiger partial charge in [-0.3, -0.25) is 9.59 Å². The molecule has 116 valence electrons. The fourth-order valence-electron chi connectivity index (χ4n) is 2.45. The van der Waals surface area contributed by atoms with Crippen LogP contribution >= 0.6 is 0 Å². The number of nitrogens with one attached hydrogen (secondary N) is 1. The van der Waals surface area contributed by atoms with Crippen LogP contribution in [0.5, 0.6) is 0 Å². The molecule has 0 heterocycles. The summed E-state index contributed by atoms with van der Waals surface area (Å²) in [6, 6.07) is 8.81. The van der Waals surface area contributed by atoms with E-state index in [0.29, 0.717) is 17.7 Å². The summed E-state index contributed by atoms with van der Waals surface area (Å²) < 4.78 is 0. The van der Waals surface area contributed by atoms with Crippen molar-refractivity contribution in [3.63, 3.8) is 0 Å². The Balaban J connectivity index is 1.88. The summed E-state index contributed by atoms with van der Waals surface area (Å²) in [5.41, 5.74) is 1.10. The van der Waals surface area contributed by atoms with Crippen LogP contribution in [-0.2, 0) is 9.59 Å². The summed E-state index contributed by atoms with van der Waals surface area (Å²) in [5, 5.41) is 11.6. The molecular weight excluding hydrogens is 278 g/mol. The second-order valence-electron chi connectivity index (χ2n) is 5.74. The maximum Gasteiger partial charge on any atom is 0.228 e. The molecular formula is C17H21N3O2. The molecule has 2 atom stereocenters. The van der Waals surface area contributed by atoms with E-state index in [0.717, 1.165) is 19.4 Å². The predicted molar refractivity (Wildman–Crippen MR) is 83.9 cm³/mol. The number of anilines is 1. The molecule has 0 radical (unpaired) electrons. The molecule has 5 nitrogen and oxygen atoms in total. The standard InChI is InChI=1S/C17H21N3O2/c1-3-4-8-20(2)17(22)15-10-14(15)16(21)19-13-7-5-6-12(9-13)11-18/h5-7,9,14-15H,3-4,8,10H2,1-2H3,(H,19,21). The molecule has 2 amide bonds. The highest BCUT2D eigenvalue weighted by Crippen LogP contribution is 2.40. The van der Waals surface area contributed by atoms with E-state index in [1.165, 1.54) is 0 Å². The lowest BCUT2D eigenvalue weighted by atomic mass is 10.2. The van der Waals surface area contributed by atoms with Gasteiger partial charge in [0.25, 0.3) is 0 Å². The van der Waals surface area contributed by atoms with Gasteiger partial charge in [0.15, 0.2) is 0 Å². The van der Waals surface area contributed by atoms with Crippen molar-refractivity contribution in [2.24, 2.45) is 11.8 Å². The Kier molecular flexibility index (Phi) is 5.16. The SMILES string of the molecule is CCCCN(C)C(=O)C1CC1C(=O)Nc1cccc(C#N)c1. The van der Waals surface area contributed by atoms with Crippen molar-refractivity contribution < 1.29 is 9.59 Å². The molecule has 22 heavy (non-hydrogen) atoms. The topological polar surface area (TPSA) is 73.2 Å². The van der Waals surface area contributed by atoms with E-state index in [1.54, 1.807) is 36.2 Å². The van der Waals surface area contributed by atoms with Gasteiger partial charge in [-0.15, -0.1) is 0 Å². The maximum atomic E-state index is 12.2. The molecule has 1 aliphatic rings. The van der Waals surface area contributed by atoms with Gasteiger partial charge in [-0.25, -0.2) is 0 Å². The lowest BCUT2D eigenvalue weighted by Crippen LogP contribution is -2.30. The number of nitriles is 1. The van der Waals surface area contributed by atoms with E-state index in [-0.39, 0.29) is 23.7 Å². The van der Waals surface area contributed by atoms with Crippen LogP contribution in [0, 0.1) is 23.2 Å². The van der Waals surface area contributed by atoms with Crippen LogP contribution in [0.25, 0.3) is 0 Å². The van der Waals surface area contributed by atoms with E-state index < -0.39 is 0 Å². The number of benzene rings is 1. The maximum absolute atomic E-state index is 12.2. The normalized spacial score (nSPS) is 19.1. The average Bonchev–Trinajstić information content (AvgIpc) is 3.32. The van der Waals surface area contributed by atoms with Gasteiger partial charge in [0.2, 0.25) is 11.8 Å². The third kappa shape index (κ3) is 3.85. The van der Waals surface area contributed by atoms with Crippen molar-refractivity contribution >= 4 is 17.5 Å². The second-order valence-corrected chi connectivity index (χ2v) is 5.74. The minimum atomic E-state index is -0.248. The lowest BCUT2D eigenvalue weighted by molar-refractivity contribution is -0.132. The van der Waals surface area contributed by atoms with Crippen LogP contribution in [-0.4, -0.2) is 30.3 Å². The Bertz CT molecular complexity index is 606. The quantitative estimate of drug-likeness (QED) is 0.876. The highest BCUT2D eigenvalue weighted by Gasteiger charge is 2.48. The highest BCUT2D eigenvalue weighted by molar-refractivity contribution is 5.99. The first-order valence-electron chi connectivity index (χ1n) is 7.62. The average molecular weight is 299 g/mol. The van der Waals surface area contributed by atoms with Crippen LogP contribution in [0.15, 0.2) is 24.3 Å². The van der Waals surface area contributed by atoms with Crippen molar-refractivity contribution in [2.75, 3.05) is 18.9 Å². The van der Waals surface area contributed by atoms with Crippen LogP contribution in [0.1, 0.15) is 31.7 Å². The van der Waals surface area contributed by atoms with Gasteiger partial charge in [-0.1, -0.05) is 19.4 Å². The number of amides is 2. The first kappa shape index (κ1) is 16.0. The van der Waals surface area contributed by atoms with Gasteiger partial charge < -0.3 is 10.2 Å². The summed E-state index contributed by atoms with van der Waals surface area (Å²) in [6.45, 7) is 2.82. The van der Waals surface area contributed by atoms with Crippen LogP contribution in [0.4, 0.5) is 5.69 Å². The molecule has 0 spiro atoms. The Morgan fingerprint density at radius 3 is 2.86 bits per heavy atom. The minimum absolute atomic E-state index is 0.0550. The van der Waals surface area contributed by atoms with Crippen molar-refractivity contribution in [2.45, 2.75) is 26.2 Å². The Labute approximate surface area is 130 Å². The lowest BCUT2D eigenvalue weighted by Gasteiger charge is -2.16. The molecule has 1 fully saturated rings.